The highest BCUT2D eigenvalue weighted by Crippen LogP contribution is 2.18. The number of aromatic nitrogens is 4. The fourth-order valence-electron chi connectivity index (χ4n) is 2.55. The van der Waals surface area contributed by atoms with E-state index in [4.69, 9.17) is 4.74 Å². The molecule has 0 aliphatic carbocycles. The Balaban J connectivity index is 1.69. The van der Waals surface area contributed by atoms with Crippen molar-refractivity contribution < 1.29 is 9.53 Å². The molecule has 3 aromatic rings. The molecule has 0 atom stereocenters. The van der Waals surface area contributed by atoms with Gasteiger partial charge < -0.3 is 10.1 Å². The molecule has 0 saturated carbocycles. The van der Waals surface area contributed by atoms with Gasteiger partial charge in [0.15, 0.2) is 0 Å². The van der Waals surface area contributed by atoms with Crippen molar-refractivity contribution in [3.05, 3.63) is 59.7 Å². The van der Waals surface area contributed by atoms with Gasteiger partial charge in [0.2, 0.25) is 5.91 Å². The lowest BCUT2D eigenvalue weighted by molar-refractivity contribution is -0.115. The zero-order chi connectivity index (χ0) is 17.8. The summed E-state index contributed by atoms with van der Waals surface area (Å²) in [6, 6.07) is 9.38. The molecule has 128 valence electrons. The molecule has 1 aromatic carbocycles. The van der Waals surface area contributed by atoms with Gasteiger partial charge in [0, 0.05) is 11.3 Å². The lowest BCUT2D eigenvalue weighted by Gasteiger charge is -2.09. The summed E-state index contributed by atoms with van der Waals surface area (Å²) >= 11 is 0. The summed E-state index contributed by atoms with van der Waals surface area (Å²) in [5.41, 5.74) is 3.20. The number of amides is 1. The van der Waals surface area contributed by atoms with Crippen LogP contribution >= 0.6 is 0 Å². The van der Waals surface area contributed by atoms with Crippen molar-refractivity contribution in [2.24, 2.45) is 0 Å². The second-order valence-electron chi connectivity index (χ2n) is 5.65. The third-order valence-corrected chi connectivity index (χ3v) is 3.66. The van der Waals surface area contributed by atoms with E-state index >= 15 is 0 Å². The summed E-state index contributed by atoms with van der Waals surface area (Å²) in [5, 5.41) is 7.13. The van der Waals surface area contributed by atoms with Crippen LogP contribution in [0.25, 0.3) is 5.95 Å². The molecule has 0 saturated heterocycles. The van der Waals surface area contributed by atoms with Gasteiger partial charge in [0.05, 0.1) is 37.3 Å². The van der Waals surface area contributed by atoms with Crippen molar-refractivity contribution in [2.45, 2.75) is 20.3 Å². The number of benzene rings is 1. The predicted molar refractivity (Wildman–Crippen MR) is 94.0 cm³/mol. The van der Waals surface area contributed by atoms with Crippen molar-refractivity contribution in [3.63, 3.8) is 0 Å². The first kappa shape index (κ1) is 16.6. The number of anilines is 1. The van der Waals surface area contributed by atoms with Crippen LogP contribution in [0.1, 0.15) is 17.0 Å². The molecule has 0 bridgehead atoms. The van der Waals surface area contributed by atoms with Gasteiger partial charge in [0.1, 0.15) is 5.75 Å². The Morgan fingerprint density at radius 2 is 1.92 bits per heavy atom. The molecular formula is C18H19N5O2. The van der Waals surface area contributed by atoms with Crippen LogP contribution in [0, 0.1) is 13.8 Å². The van der Waals surface area contributed by atoms with E-state index in [2.05, 4.69) is 20.4 Å². The topological polar surface area (TPSA) is 81.9 Å². The largest absolute Gasteiger partial charge is 0.496 e. The molecule has 7 heteroatoms. The number of aryl methyl sites for hydroxylation is 2. The summed E-state index contributed by atoms with van der Waals surface area (Å²) in [6.07, 6.45) is 3.35. The normalized spacial score (nSPS) is 10.5. The van der Waals surface area contributed by atoms with E-state index < -0.39 is 0 Å². The number of rotatable bonds is 5. The van der Waals surface area contributed by atoms with Crippen molar-refractivity contribution in [1.82, 2.24) is 19.7 Å². The van der Waals surface area contributed by atoms with Gasteiger partial charge in [-0.25, -0.2) is 14.6 Å². The molecule has 0 unspecified atom stereocenters. The summed E-state index contributed by atoms with van der Waals surface area (Å²) in [7, 11) is 1.59. The second kappa shape index (κ2) is 7.12. The van der Waals surface area contributed by atoms with Crippen LogP contribution in [0.2, 0.25) is 0 Å². The van der Waals surface area contributed by atoms with Crippen LogP contribution in [0.4, 0.5) is 5.69 Å². The van der Waals surface area contributed by atoms with Gasteiger partial charge >= 0.3 is 0 Å². The number of ether oxygens (including phenoxy) is 1. The van der Waals surface area contributed by atoms with Crippen molar-refractivity contribution in [1.29, 1.82) is 0 Å². The highest BCUT2D eigenvalue weighted by molar-refractivity contribution is 5.92. The van der Waals surface area contributed by atoms with Crippen LogP contribution < -0.4 is 10.1 Å². The second-order valence-corrected chi connectivity index (χ2v) is 5.65. The molecule has 0 fully saturated rings. The van der Waals surface area contributed by atoms with Crippen LogP contribution in [0.3, 0.4) is 0 Å². The first-order chi connectivity index (χ1) is 12.1. The highest BCUT2D eigenvalue weighted by atomic mass is 16.5. The van der Waals surface area contributed by atoms with E-state index in [0.717, 1.165) is 17.0 Å². The number of hydrogen-bond acceptors (Lipinski definition) is 5. The number of carbonyl (C=O) groups is 1. The molecule has 1 amide bonds. The Kier molecular flexibility index (Phi) is 4.74. The van der Waals surface area contributed by atoms with Gasteiger partial charge in [-0.3, -0.25) is 4.79 Å². The number of para-hydroxylation sites is 1. The maximum absolute atomic E-state index is 12.2. The monoisotopic (exact) mass is 337 g/mol. The van der Waals surface area contributed by atoms with Crippen LogP contribution in [-0.4, -0.2) is 32.8 Å². The molecule has 2 aromatic heterocycles. The van der Waals surface area contributed by atoms with Gasteiger partial charge in [0.25, 0.3) is 5.95 Å². The maximum Gasteiger partial charge on any atom is 0.250 e. The lowest BCUT2D eigenvalue weighted by atomic mass is 10.1. The zero-order valence-corrected chi connectivity index (χ0v) is 14.4. The Morgan fingerprint density at radius 3 is 2.56 bits per heavy atom. The molecular weight excluding hydrogens is 318 g/mol. The van der Waals surface area contributed by atoms with E-state index in [1.165, 1.54) is 0 Å². The molecule has 3 rings (SSSR count). The zero-order valence-electron chi connectivity index (χ0n) is 14.4. The van der Waals surface area contributed by atoms with Gasteiger partial charge in [-0.05, 0) is 26.0 Å². The minimum Gasteiger partial charge on any atom is -0.496 e. The Labute approximate surface area is 145 Å². The summed E-state index contributed by atoms with van der Waals surface area (Å²) in [5.74, 6) is 0.995. The average molecular weight is 337 g/mol. The third kappa shape index (κ3) is 3.82. The van der Waals surface area contributed by atoms with Crippen LogP contribution in [0.5, 0.6) is 5.75 Å². The van der Waals surface area contributed by atoms with Crippen molar-refractivity contribution in [3.8, 4) is 11.7 Å². The van der Waals surface area contributed by atoms with Crippen LogP contribution in [-0.2, 0) is 11.2 Å². The minimum absolute atomic E-state index is 0.160. The standard InChI is InChI=1S/C18H19N5O2/c1-12-8-13(2)23(22-12)18-19-10-15(11-20-18)21-17(24)9-14-6-4-5-7-16(14)25-3/h4-8,10-11H,9H2,1-3H3,(H,21,24). The first-order valence-electron chi connectivity index (χ1n) is 7.84. The predicted octanol–water partition coefficient (Wildman–Crippen LogP) is 2.47. The van der Waals surface area contributed by atoms with Crippen LogP contribution in [0.15, 0.2) is 42.7 Å². The molecule has 0 spiro atoms. The fourth-order valence-corrected chi connectivity index (χ4v) is 2.55. The van der Waals surface area contributed by atoms with E-state index in [1.54, 1.807) is 24.2 Å². The summed E-state index contributed by atoms with van der Waals surface area (Å²) in [4.78, 5) is 20.8. The minimum atomic E-state index is -0.160. The molecule has 1 N–H and O–H groups in total. The van der Waals surface area contributed by atoms with Gasteiger partial charge in [-0.2, -0.15) is 5.10 Å². The fraction of sp³-hybridized carbons (Fsp3) is 0.222. The van der Waals surface area contributed by atoms with Crippen molar-refractivity contribution >= 4 is 11.6 Å². The smallest absolute Gasteiger partial charge is 0.250 e. The van der Waals surface area contributed by atoms with E-state index in [1.807, 2.05) is 44.2 Å². The quantitative estimate of drug-likeness (QED) is 0.773. The average Bonchev–Trinajstić information content (AvgIpc) is 2.94. The number of nitrogens with zero attached hydrogens (tertiary/aromatic N) is 4. The Morgan fingerprint density at radius 1 is 1.20 bits per heavy atom. The molecule has 25 heavy (non-hydrogen) atoms. The van der Waals surface area contributed by atoms with Crippen molar-refractivity contribution in [2.75, 3.05) is 12.4 Å². The maximum atomic E-state index is 12.2. The first-order valence-corrected chi connectivity index (χ1v) is 7.84. The SMILES string of the molecule is COc1ccccc1CC(=O)Nc1cnc(-n2nc(C)cc2C)nc1. The number of methoxy groups -OCH3 is 1. The Hall–Kier alpha value is -3.22. The van der Waals surface area contributed by atoms with Gasteiger partial charge in [-0.15, -0.1) is 0 Å². The molecule has 7 nitrogen and oxygen atoms in total. The molecule has 2 heterocycles. The molecule has 0 radical (unpaired) electrons. The third-order valence-electron chi connectivity index (χ3n) is 3.66. The number of hydrogen-bond donors (Lipinski definition) is 1. The lowest BCUT2D eigenvalue weighted by Crippen LogP contribution is -2.15. The number of nitrogens with one attached hydrogen (secondary N) is 1. The van der Waals surface area contributed by atoms with Gasteiger partial charge in [-0.1, -0.05) is 18.2 Å². The summed E-state index contributed by atoms with van der Waals surface area (Å²) < 4.78 is 6.92. The number of carbonyl (C=O) groups excluding carboxylic acids is 1. The molecule has 0 aliphatic rings. The molecule has 0 aliphatic heterocycles. The van der Waals surface area contributed by atoms with E-state index in [9.17, 15) is 4.79 Å². The van der Waals surface area contributed by atoms with E-state index in [-0.39, 0.29) is 12.3 Å². The summed E-state index contributed by atoms with van der Waals surface area (Å²) in [6.45, 7) is 3.85. The highest BCUT2D eigenvalue weighted by Gasteiger charge is 2.10. The Bertz CT molecular complexity index is 887. The van der Waals surface area contributed by atoms with E-state index in [0.29, 0.717) is 17.4 Å².